The van der Waals surface area contributed by atoms with E-state index in [1.807, 2.05) is 0 Å². The van der Waals surface area contributed by atoms with Crippen LogP contribution in [0.4, 0.5) is 0 Å². The first-order valence-corrected chi connectivity index (χ1v) is 28.9. The average molecular weight is 906 g/mol. The molecule has 0 aliphatic carbocycles. The van der Waals surface area contributed by atoms with Gasteiger partial charge in [0, 0.05) is 19.3 Å². The van der Waals surface area contributed by atoms with E-state index < -0.39 is 6.10 Å². The van der Waals surface area contributed by atoms with Crippen molar-refractivity contribution in [1.82, 2.24) is 0 Å². The highest BCUT2D eigenvalue weighted by molar-refractivity contribution is 5.71. The molecule has 0 unspecified atom stereocenters. The maximum Gasteiger partial charge on any atom is 0.306 e. The highest BCUT2D eigenvalue weighted by Crippen LogP contribution is 2.18. The van der Waals surface area contributed by atoms with Crippen molar-refractivity contribution in [1.29, 1.82) is 0 Å². The second kappa shape index (κ2) is 52.4. The molecule has 0 aliphatic heterocycles. The lowest BCUT2D eigenvalue weighted by molar-refractivity contribution is -0.167. The molecule has 0 spiro atoms. The quantitative estimate of drug-likeness (QED) is 0.0344. The van der Waals surface area contributed by atoms with Crippen LogP contribution in [0.1, 0.15) is 329 Å². The van der Waals surface area contributed by atoms with Gasteiger partial charge in [-0.05, 0) is 25.2 Å². The maximum absolute atomic E-state index is 12.8. The van der Waals surface area contributed by atoms with Crippen LogP contribution >= 0.6 is 0 Å². The molecule has 0 aromatic carbocycles. The van der Waals surface area contributed by atoms with E-state index in [1.54, 1.807) is 0 Å². The Balaban J connectivity index is 4.30. The van der Waals surface area contributed by atoms with Crippen molar-refractivity contribution in [2.45, 2.75) is 336 Å². The fourth-order valence-electron chi connectivity index (χ4n) is 8.92. The van der Waals surface area contributed by atoms with Crippen molar-refractivity contribution in [2.75, 3.05) is 13.2 Å². The third-order valence-corrected chi connectivity index (χ3v) is 13.3. The minimum atomic E-state index is -0.761. The molecule has 0 heterocycles. The van der Waals surface area contributed by atoms with Crippen LogP contribution in [0.15, 0.2) is 0 Å². The number of esters is 3. The van der Waals surface area contributed by atoms with Gasteiger partial charge in [0.1, 0.15) is 13.2 Å². The Morgan fingerprint density at radius 2 is 0.516 bits per heavy atom. The molecule has 0 radical (unpaired) electrons. The summed E-state index contributed by atoms with van der Waals surface area (Å²) < 4.78 is 16.9. The molecule has 6 nitrogen and oxygen atoms in total. The van der Waals surface area contributed by atoms with E-state index in [-0.39, 0.29) is 31.1 Å². The number of carbonyl (C=O) groups is 3. The number of ether oxygens (including phenoxy) is 3. The molecule has 0 saturated carbocycles. The first-order valence-electron chi connectivity index (χ1n) is 28.9. The molecule has 0 bridgehead atoms. The number of carbonyl (C=O) groups excluding carboxylic acids is 3. The summed E-state index contributed by atoms with van der Waals surface area (Å²) in [6.45, 7) is 9.06. The van der Waals surface area contributed by atoms with Crippen LogP contribution in [-0.4, -0.2) is 37.2 Å². The lowest BCUT2D eigenvalue weighted by Crippen LogP contribution is -2.30. The summed E-state index contributed by atoms with van der Waals surface area (Å²) in [4.78, 5) is 38.1. The number of hydrogen-bond acceptors (Lipinski definition) is 6. The Morgan fingerprint density at radius 1 is 0.297 bits per heavy atom. The maximum atomic E-state index is 12.8. The predicted octanol–water partition coefficient (Wildman–Crippen LogP) is 19.0. The number of unbranched alkanes of at least 4 members (excludes halogenated alkanes) is 40. The van der Waals surface area contributed by atoms with Crippen LogP contribution in [0, 0.1) is 5.92 Å². The molecule has 6 heteroatoms. The van der Waals surface area contributed by atoms with Gasteiger partial charge in [-0.3, -0.25) is 14.4 Å². The van der Waals surface area contributed by atoms with E-state index >= 15 is 0 Å². The molecule has 0 fully saturated rings. The van der Waals surface area contributed by atoms with Crippen LogP contribution in [0.2, 0.25) is 0 Å². The highest BCUT2D eigenvalue weighted by atomic mass is 16.6. The van der Waals surface area contributed by atoms with E-state index in [0.717, 1.165) is 63.7 Å². The largest absolute Gasteiger partial charge is 0.462 e. The van der Waals surface area contributed by atoms with Gasteiger partial charge in [0.25, 0.3) is 0 Å². The van der Waals surface area contributed by atoms with Gasteiger partial charge < -0.3 is 14.2 Å². The fraction of sp³-hybridized carbons (Fsp3) is 0.948. The molecule has 1 atom stereocenters. The fourth-order valence-corrected chi connectivity index (χ4v) is 8.92. The van der Waals surface area contributed by atoms with Gasteiger partial charge in [0.05, 0.1) is 0 Å². The van der Waals surface area contributed by atoms with E-state index in [4.69, 9.17) is 14.2 Å². The molecule has 0 amide bonds. The van der Waals surface area contributed by atoms with Crippen LogP contribution in [0.25, 0.3) is 0 Å². The predicted molar refractivity (Wildman–Crippen MR) is 275 cm³/mol. The van der Waals surface area contributed by atoms with Gasteiger partial charge in [-0.15, -0.1) is 0 Å². The molecule has 380 valence electrons. The Labute approximate surface area is 399 Å². The normalized spacial score (nSPS) is 12.0. The number of rotatable bonds is 53. The molecule has 64 heavy (non-hydrogen) atoms. The molecule has 0 aromatic rings. The molecular formula is C58H112O6. The Morgan fingerprint density at radius 3 is 0.766 bits per heavy atom. The summed E-state index contributed by atoms with van der Waals surface area (Å²) in [6.07, 6.45) is 56.6. The molecule has 0 N–H and O–H groups in total. The van der Waals surface area contributed by atoms with Gasteiger partial charge in [-0.1, -0.05) is 291 Å². The summed E-state index contributed by atoms with van der Waals surface area (Å²) in [5.41, 5.74) is 0. The van der Waals surface area contributed by atoms with Gasteiger partial charge >= 0.3 is 17.9 Å². The van der Waals surface area contributed by atoms with Crippen molar-refractivity contribution in [3.8, 4) is 0 Å². The molecule has 0 aromatic heterocycles. The zero-order chi connectivity index (χ0) is 46.7. The second-order valence-corrected chi connectivity index (χ2v) is 20.4. The van der Waals surface area contributed by atoms with Crippen molar-refractivity contribution < 1.29 is 28.6 Å². The highest BCUT2D eigenvalue weighted by Gasteiger charge is 2.19. The van der Waals surface area contributed by atoms with Crippen molar-refractivity contribution >= 4 is 17.9 Å². The molecule has 0 aliphatic rings. The molecule has 0 rings (SSSR count). The molecule has 0 saturated heterocycles. The lowest BCUT2D eigenvalue weighted by Gasteiger charge is -2.18. The van der Waals surface area contributed by atoms with Crippen molar-refractivity contribution in [2.24, 2.45) is 5.92 Å². The van der Waals surface area contributed by atoms with Crippen molar-refractivity contribution in [3.63, 3.8) is 0 Å². The van der Waals surface area contributed by atoms with Gasteiger partial charge in [0.2, 0.25) is 0 Å². The summed E-state index contributed by atoms with van der Waals surface area (Å²) in [5, 5.41) is 0. The first-order chi connectivity index (χ1) is 31.4. The average Bonchev–Trinajstić information content (AvgIpc) is 3.28. The van der Waals surface area contributed by atoms with E-state index in [1.165, 1.54) is 225 Å². The summed E-state index contributed by atoms with van der Waals surface area (Å²) in [6, 6.07) is 0. The zero-order valence-corrected chi connectivity index (χ0v) is 43.8. The zero-order valence-electron chi connectivity index (χ0n) is 43.8. The third-order valence-electron chi connectivity index (χ3n) is 13.3. The van der Waals surface area contributed by atoms with E-state index in [9.17, 15) is 14.4 Å². The van der Waals surface area contributed by atoms with Gasteiger partial charge in [-0.25, -0.2) is 0 Å². The third kappa shape index (κ3) is 51.4. The van der Waals surface area contributed by atoms with Crippen molar-refractivity contribution in [3.05, 3.63) is 0 Å². The minimum Gasteiger partial charge on any atom is -0.462 e. The molecular weight excluding hydrogens is 793 g/mol. The first kappa shape index (κ1) is 62.4. The smallest absolute Gasteiger partial charge is 0.306 e. The van der Waals surface area contributed by atoms with Gasteiger partial charge in [-0.2, -0.15) is 0 Å². The van der Waals surface area contributed by atoms with Gasteiger partial charge in [0.15, 0.2) is 6.10 Å². The van der Waals surface area contributed by atoms with Crippen LogP contribution in [0.3, 0.4) is 0 Å². The van der Waals surface area contributed by atoms with Crippen LogP contribution in [-0.2, 0) is 28.6 Å². The van der Waals surface area contributed by atoms with E-state index in [0.29, 0.717) is 19.3 Å². The summed E-state index contributed by atoms with van der Waals surface area (Å²) in [7, 11) is 0. The Bertz CT molecular complexity index is 964. The minimum absolute atomic E-state index is 0.0618. The topological polar surface area (TPSA) is 78.9 Å². The Hall–Kier alpha value is -1.59. The second-order valence-electron chi connectivity index (χ2n) is 20.4. The lowest BCUT2D eigenvalue weighted by atomic mass is 10.0. The van der Waals surface area contributed by atoms with Crippen LogP contribution < -0.4 is 0 Å². The monoisotopic (exact) mass is 905 g/mol. The summed E-state index contributed by atoms with van der Waals surface area (Å²) in [5.74, 6) is 0.00513. The number of hydrogen-bond donors (Lipinski definition) is 0. The SMILES string of the molecule is CCCCCCCCCCCCCCCCCC(=O)OC[C@H](COC(=O)CCCCCCCCCCCCCCCC(C)C)OC(=O)CCCCCCCCCCCCCCCCC. The van der Waals surface area contributed by atoms with E-state index in [2.05, 4.69) is 27.7 Å². The standard InChI is InChI=1S/C58H112O6/c1-5-7-9-11-13-15-17-19-21-25-29-33-37-41-45-49-56(59)62-52-55(64-58(61)51-47-43-39-35-31-26-22-20-18-16-14-12-10-8-6-2)53-63-57(60)50-46-42-38-34-30-27-23-24-28-32-36-40-44-48-54(3)4/h54-55H,5-53H2,1-4H3/t55-/m1/s1. The van der Waals surface area contributed by atoms with Crippen LogP contribution in [0.5, 0.6) is 0 Å². The Kier molecular flexibility index (Phi) is 51.1. The summed E-state index contributed by atoms with van der Waals surface area (Å²) >= 11 is 0.